The molecule has 0 unspecified atom stereocenters. The van der Waals surface area contributed by atoms with Gasteiger partial charge in [0.05, 0.1) is 24.2 Å². The molecule has 4 rings (SSSR count). The number of amides is 1. The Morgan fingerprint density at radius 3 is 2.06 bits per heavy atom. The van der Waals surface area contributed by atoms with Crippen LogP contribution in [0.1, 0.15) is 86.6 Å². The maximum absolute atomic E-state index is 13.7. The van der Waals surface area contributed by atoms with Gasteiger partial charge in [0.15, 0.2) is 0 Å². The van der Waals surface area contributed by atoms with E-state index in [1.807, 2.05) is 0 Å². The first-order valence-electron chi connectivity index (χ1n) is 15.5. The van der Waals surface area contributed by atoms with Gasteiger partial charge in [-0.15, -0.1) is 18.3 Å². The van der Waals surface area contributed by atoms with Gasteiger partial charge in [-0.1, -0.05) is 24.9 Å². The van der Waals surface area contributed by atoms with Crippen LogP contribution in [-0.2, 0) is 35.5 Å². The molecule has 0 saturated heterocycles. The quantitative estimate of drug-likeness (QED) is 0.140. The van der Waals surface area contributed by atoms with Crippen molar-refractivity contribution in [3.05, 3.63) is 58.7 Å². The Morgan fingerprint density at radius 1 is 0.920 bits per heavy atom. The molecule has 1 N–H and O–H groups in total. The maximum atomic E-state index is 13.7. The number of tetrazole rings is 1. The van der Waals surface area contributed by atoms with Crippen LogP contribution in [-0.4, -0.2) is 49.6 Å². The zero-order valence-corrected chi connectivity index (χ0v) is 26.7. The normalized spacial score (nSPS) is 16.7. The Morgan fingerprint density at radius 2 is 1.54 bits per heavy atom. The molecule has 50 heavy (non-hydrogen) atoms. The summed E-state index contributed by atoms with van der Waals surface area (Å²) in [6.07, 6.45) is -13.2. The minimum atomic E-state index is -5.14. The summed E-state index contributed by atoms with van der Waals surface area (Å²) in [5.41, 5.74) is -3.36. The number of alkyl halides is 9. The second kappa shape index (κ2) is 15.1. The van der Waals surface area contributed by atoms with Gasteiger partial charge in [0.1, 0.15) is 5.75 Å². The van der Waals surface area contributed by atoms with E-state index in [-0.39, 0.29) is 48.4 Å². The van der Waals surface area contributed by atoms with Crippen LogP contribution in [0.3, 0.4) is 0 Å². The smallest absolute Gasteiger partial charge is 0.481 e. The number of benzene rings is 2. The van der Waals surface area contributed by atoms with Gasteiger partial charge in [-0.3, -0.25) is 9.59 Å². The number of aliphatic carboxylic acids is 1. The number of fused-ring (bicyclic) bond motifs is 1. The second-order valence-corrected chi connectivity index (χ2v) is 11.8. The van der Waals surface area contributed by atoms with Crippen LogP contribution < -0.4 is 14.5 Å². The van der Waals surface area contributed by atoms with Gasteiger partial charge < -0.3 is 19.6 Å². The lowest BCUT2D eigenvalue weighted by atomic mass is 9.87. The lowest BCUT2D eigenvalue weighted by Crippen LogP contribution is -2.47. The summed E-state index contributed by atoms with van der Waals surface area (Å²) in [6.45, 7) is 1.08. The number of nitrogens with zero attached hydrogens (tertiary/aromatic N) is 6. The largest absolute Gasteiger partial charge is 0.573 e. The van der Waals surface area contributed by atoms with Crippen molar-refractivity contribution in [2.24, 2.45) is 7.05 Å². The van der Waals surface area contributed by atoms with Crippen molar-refractivity contribution in [3.63, 3.8) is 0 Å². The van der Waals surface area contributed by atoms with Gasteiger partial charge in [0, 0.05) is 36.7 Å². The summed E-state index contributed by atoms with van der Waals surface area (Å²) in [5, 5.41) is 20.6. The van der Waals surface area contributed by atoms with Crippen molar-refractivity contribution in [1.82, 2.24) is 20.2 Å². The predicted octanol–water partition coefficient (Wildman–Crippen LogP) is 7.83. The van der Waals surface area contributed by atoms with Crippen molar-refractivity contribution in [2.45, 2.75) is 95.6 Å². The van der Waals surface area contributed by atoms with Crippen molar-refractivity contribution < 1.29 is 58.9 Å². The highest BCUT2D eigenvalue weighted by molar-refractivity contribution is 5.95. The number of carboxylic acids is 1. The summed E-state index contributed by atoms with van der Waals surface area (Å²) in [6, 6.07) is 2.61. The first-order valence-corrected chi connectivity index (χ1v) is 15.5. The molecule has 19 heteroatoms. The van der Waals surface area contributed by atoms with Crippen LogP contribution in [0, 0.1) is 0 Å². The van der Waals surface area contributed by atoms with Crippen LogP contribution in [0.4, 0.5) is 51.1 Å². The highest BCUT2D eigenvalue weighted by atomic mass is 19.4. The fourth-order valence-corrected chi connectivity index (χ4v) is 5.93. The van der Waals surface area contributed by atoms with Gasteiger partial charge in [-0.25, -0.2) is 0 Å². The third-order valence-corrected chi connectivity index (χ3v) is 8.11. The summed E-state index contributed by atoms with van der Waals surface area (Å²) < 4.78 is 126. The van der Waals surface area contributed by atoms with E-state index in [2.05, 4.69) is 20.1 Å². The van der Waals surface area contributed by atoms with Crippen LogP contribution in [0.5, 0.6) is 5.75 Å². The number of rotatable bonds is 13. The molecule has 0 spiro atoms. The number of hydrogen-bond acceptors (Lipinski definition) is 7. The minimum absolute atomic E-state index is 0.0200. The molecule has 0 bridgehead atoms. The van der Waals surface area contributed by atoms with Crippen LogP contribution in [0.2, 0.25) is 0 Å². The SMILES string of the molecule is CC[C@@H]1C[C@H](N(Cc2cc(C(F)(F)F)cc(C(F)(F)F)c2)c2nnn(C)n2)c2cc(OC(F)(F)F)ccc2N1C(=O)CCCCCCC(=O)O. The fraction of sp³-hybridized carbons (Fsp3) is 0.516. The number of halogens is 9. The Labute approximate surface area is 279 Å². The second-order valence-electron chi connectivity index (χ2n) is 11.8. The van der Waals surface area contributed by atoms with Crippen LogP contribution in [0.25, 0.3) is 0 Å². The molecule has 2 atom stereocenters. The van der Waals surface area contributed by atoms with E-state index in [1.165, 1.54) is 22.9 Å². The topological polar surface area (TPSA) is 114 Å². The third-order valence-electron chi connectivity index (χ3n) is 8.11. The number of unbranched alkanes of at least 4 members (excludes halogenated alkanes) is 3. The molecule has 1 aliphatic heterocycles. The highest BCUT2D eigenvalue weighted by Crippen LogP contribution is 2.46. The van der Waals surface area contributed by atoms with E-state index in [4.69, 9.17) is 5.11 Å². The molecule has 3 aromatic rings. The molecule has 0 radical (unpaired) electrons. The predicted molar refractivity (Wildman–Crippen MR) is 159 cm³/mol. The minimum Gasteiger partial charge on any atom is -0.481 e. The first-order chi connectivity index (χ1) is 23.3. The van der Waals surface area contributed by atoms with Gasteiger partial charge in [0.25, 0.3) is 5.95 Å². The standard InChI is InChI=1S/C31H33F9N6O4/c1-3-21-15-25(45(28-41-43-44(2)42-28)17-18-12-19(29(32,33)34)14-20(13-18)30(35,36)37)23-16-22(50-31(38,39)40)10-11-24(23)46(21)26(47)8-6-4-5-7-9-27(48)49/h10-14,16,21,25H,3-9,15,17H2,1-2H3,(H,48,49)/t21-,25+/m1/s1. The number of aryl methyl sites for hydroxylation is 1. The summed E-state index contributed by atoms with van der Waals surface area (Å²) in [5.74, 6) is -2.24. The highest BCUT2D eigenvalue weighted by Gasteiger charge is 2.41. The van der Waals surface area contributed by atoms with Crippen molar-refractivity contribution >= 4 is 23.5 Å². The number of carbonyl (C=O) groups excluding carboxylic acids is 1. The molecule has 1 aromatic heterocycles. The Balaban J connectivity index is 1.80. The Bertz CT molecular complexity index is 1630. The maximum Gasteiger partial charge on any atom is 0.573 e. The number of aromatic nitrogens is 4. The zero-order valence-electron chi connectivity index (χ0n) is 26.7. The van der Waals surface area contributed by atoms with Gasteiger partial charge in [-0.2, -0.15) is 31.1 Å². The Hall–Kier alpha value is -4.58. The van der Waals surface area contributed by atoms with E-state index < -0.39 is 65.8 Å². The molecule has 0 fully saturated rings. The van der Waals surface area contributed by atoms with Crippen molar-refractivity contribution in [1.29, 1.82) is 0 Å². The zero-order chi connectivity index (χ0) is 37.0. The van der Waals surface area contributed by atoms with E-state index >= 15 is 0 Å². The summed E-state index contributed by atoms with van der Waals surface area (Å²) in [7, 11) is 1.36. The first kappa shape index (κ1) is 38.2. The number of carbonyl (C=O) groups is 2. The van der Waals surface area contributed by atoms with Gasteiger partial charge in [0.2, 0.25) is 5.91 Å². The lowest BCUT2D eigenvalue weighted by molar-refractivity contribution is -0.274. The molecular weight excluding hydrogens is 691 g/mol. The molecule has 0 aliphatic carbocycles. The average molecular weight is 725 g/mol. The molecule has 1 amide bonds. The van der Waals surface area contributed by atoms with Crippen LogP contribution in [0.15, 0.2) is 36.4 Å². The molecule has 2 heterocycles. The summed E-state index contributed by atoms with van der Waals surface area (Å²) in [4.78, 5) is 28.1. The fourth-order valence-electron chi connectivity index (χ4n) is 5.93. The number of hydrogen-bond donors (Lipinski definition) is 1. The van der Waals surface area contributed by atoms with Crippen molar-refractivity contribution in [2.75, 3.05) is 9.80 Å². The summed E-state index contributed by atoms with van der Waals surface area (Å²) >= 11 is 0. The van der Waals surface area contributed by atoms with Crippen LogP contribution >= 0.6 is 0 Å². The number of anilines is 2. The van der Waals surface area contributed by atoms with Crippen molar-refractivity contribution in [3.8, 4) is 5.75 Å². The Kier molecular flexibility index (Phi) is 11.6. The molecular formula is C31H33F9N6O4. The lowest BCUT2D eigenvalue weighted by Gasteiger charge is -2.44. The molecule has 1 aliphatic rings. The van der Waals surface area contributed by atoms with E-state index in [9.17, 15) is 49.1 Å². The number of ether oxygens (including phenoxy) is 1. The molecule has 274 valence electrons. The van der Waals surface area contributed by atoms with Gasteiger partial charge in [-0.05, 0) is 72.9 Å². The monoisotopic (exact) mass is 724 g/mol. The molecule has 10 nitrogen and oxygen atoms in total. The van der Waals surface area contributed by atoms with Gasteiger partial charge >= 0.3 is 24.7 Å². The molecule has 0 saturated carbocycles. The van der Waals surface area contributed by atoms with E-state index in [0.717, 1.165) is 16.9 Å². The third kappa shape index (κ3) is 9.77. The van der Waals surface area contributed by atoms with E-state index in [0.29, 0.717) is 44.2 Å². The molecule has 2 aromatic carbocycles. The van der Waals surface area contributed by atoms with E-state index in [1.54, 1.807) is 6.92 Å². The number of carboxylic acid groups (broad SMARTS) is 1. The average Bonchev–Trinajstić information content (AvgIpc) is 3.44.